The molecule has 0 spiro atoms. The summed E-state index contributed by atoms with van der Waals surface area (Å²) in [6.07, 6.45) is -6.89. The van der Waals surface area contributed by atoms with E-state index >= 15 is 0 Å². The van der Waals surface area contributed by atoms with Gasteiger partial charge in [0.25, 0.3) is 0 Å². The molecule has 0 rings (SSSR count). The average Bonchev–Trinajstić information content (AvgIpc) is 2.09. The normalized spacial score (nSPS) is 16.8. The lowest BCUT2D eigenvalue weighted by atomic mass is 10.1. The van der Waals surface area contributed by atoms with Crippen LogP contribution in [0.2, 0.25) is 0 Å². The quantitative estimate of drug-likeness (QED) is 0.718. The number of nitrogens with one attached hydrogen (secondary N) is 1. The van der Waals surface area contributed by atoms with Crippen LogP contribution in [0.4, 0.5) is 13.2 Å². The maximum atomic E-state index is 12.0. The molecule has 0 aliphatic heterocycles. The summed E-state index contributed by atoms with van der Waals surface area (Å²) in [5.41, 5.74) is 0. The van der Waals surface area contributed by atoms with Crippen LogP contribution < -0.4 is 5.32 Å². The van der Waals surface area contributed by atoms with Crippen LogP contribution in [-0.4, -0.2) is 43.7 Å². The predicted molar refractivity (Wildman–Crippen MR) is 50.6 cm³/mol. The topological polar surface area (TPSA) is 41.5 Å². The highest BCUT2D eigenvalue weighted by atomic mass is 19.4. The van der Waals surface area contributed by atoms with E-state index in [9.17, 15) is 13.2 Å². The first kappa shape index (κ1) is 14.7. The molecule has 0 aromatic carbocycles. The molecule has 0 heterocycles. The van der Waals surface area contributed by atoms with Gasteiger partial charge in [0.15, 0.2) is 6.10 Å². The van der Waals surface area contributed by atoms with Crippen LogP contribution in [0.5, 0.6) is 0 Å². The second-order valence-electron chi connectivity index (χ2n) is 3.77. The number of hydrogen-bond acceptors (Lipinski definition) is 3. The molecular formula is C9H18F3NO2. The van der Waals surface area contributed by atoms with E-state index in [2.05, 4.69) is 5.32 Å². The van der Waals surface area contributed by atoms with Crippen molar-refractivity contribution < 1.29 is 23.0 Å². The van der Waals surface area contributed by atoms with Crippen molar-refractivity contribution in [2.24, 2.45) is 5.92 Å². The van der Waals surface area contributed by atoms with Crippen molar-refractivity contribution >= 4 is 0 Å². The van der Waals surface area contributed by atoms with Crippen LogP contribution in [0.3, 0.4) is 0 Å². The van der Waals surface area contributed by atoms with E-state index in [1.807, 2.05) is 13.8 Å². The molecule has 3 nitrogen and oxygen atoms in total. The van der Waals surface area contributed by atoms with Crippen molar-refractivity contribution in [2.45, 2.75) is 32.2 Å². The van der Waals surface area contributed by atoms with E-state index in [-0.39, 0.29) is 12.0 Å². The summed E-state index contributed by atoms with van der Waals surface area (Å²) in [6.45, 7) is 3.56. The number of ether oxygens (including phenoxy) is 1. The first-order valence-electron chi connectivity index (χ1n) is 4.76. The number of hydrogen-bond donors (Lipinski definition) is 2. The zero-order valence-electron chi connectivity index (χ0n) is 9.14. The van der Waals surface area contributed by atoms with Gasteiger partial charge in [0.1, 0.15) is 0 Å². The number of alkyl halides is 3. The summed E-state index contributed by atoms with van der Waals surface area (Å²) in [4.78, 5) is 0. The molecule has 6 heteroatoms. The zero-order chi connectivity index (χ0) is 12.1. The van der Waals surface area contributed by atoms with Gasteiger partial charge in [-0.15, -0.1) is 0 Å². The summed E-state index contributed by atoms with van der Waals surface area (Å²) in [7, 11) is 1.48. The molecule has 0 aromatic rings. The third kappa shape index (κ3) is 5.96. The Kier molecular flexibility index (Phi) is 6.16. The number of aliphatic hydroxyl groups is 1. The molecule has 2 N–H and O–H groups in total. The average molecular weight is 229 g/mol. The lowest BCUT2D eigenvalue weighted by molar-refractivity contribution is -0.202. The maximum Gasteiger partial charge on any atom is 0.415 e. The molecule has 2 unspecified atom stereocenters. The third-order valence-electron chi connectivity index (χ3n) is 2.10. The highest BCUT2D eigenvalue weighted by molar-refractivity contribution is 4.75. The van der Waals surface area contributed by atoms with E-state index in [4.69, 9.17) is 9.84 Å². The Morgan fingerprint density at radius 2 is 1.87 bits per heavy atom. The van der Waals surface area contributed by atoms with Crippen molar-refractivity contribution in [2.75, 3.05) is 20.3 Å². The van der Waals surface area contributed by atoms with Crippen LogP contribution in [0, 0.1) is 5.92 Å². The van der Waals surface area contributed by atoms with Crippen molar-refractivity contribution in [3.8, 4) is 0 Å². The Bertz CT molecular complexity index is 173. The van der Waals surface area contributed by atoms with E-state index in [0.717, 1.165) is 0 Å². The van der Waals surface area contributed by atoms with Crippen molar-refractivity contribution in [1.29, 1.82) is 0 Å². The molecule has 0 amide bonds. The number of aliphatic hydroxyl groups excluding tert-OH is 1. The minimum absolute atomic E-state index is 0.144. The van der Waals surface area contributed by atoms with Crippen LogP contribution in [-0.2, 0) is 4.74 Å². The van der Waals surface area contributed by atoms with Crippen LogP contribution >= 0.6 is 0 Å². The van der Waals surface area contributed by atoms with Gasteiger partial charge in [0.05, 0.1) is 6.61 Å². The van der Waals surface area contributed by atoms with E-state index in [1.54, 1.807) is 0 Å². The van der Waals surface area contributed by atoms with Crippen LogP contribution in [0.1, 0.15) is 13.8 Å². The Morgan fingerprint density at radius 1 is 1.33 bits per heavy atom. The second-order valence-corrected chi connectivity index (χ2v) is 3.77. The number of methoxy groups -OCH3 is 1. The highest BCUT2D eigenvalue weighted by Gasteiger charge is 2.38. The Balaban J connectivity index is 3.99. The molecule has 2 atom stereocenters. The third-order valence-corrected chi connectivity index (χ3v) is 2.10. The van der Waals surface area contributed by atoms with Gasteiger partial charge in [0, 0.05) is 19.7 Å². The fourth-order valence-corrected chi connectivity index (χ4v) is 1.05. The fraction of sp³-hybridized carbons (Fsp3) is 1.00. The van der Waals surface area contributed by atoms with Gasteiger partial charge in [-0.3, -0.25) is 0 Å². The van der Waals surface area contributed by atoms with Crippen molar-refractivity contribution in [1.82, 2.24) is 5.32 Å². The molecule has 0 bridgehead atoms. The molecule has 15 heavy (non-hydrogen) atoms. The van der Waals surface area contributed by atoms with E-state index in [0.29, 0.717) is 6.61 Å². The number of rotatable bonds is 6. The largest absolute Gasteiger partial charge is 0.415 e. The molecule has 0 aliphatic rings. The predicted octanol–water partition coefficient (Wildman–Crippen LogP) is 1.17. The minimum atomic E-state index is -4.57. The summed E-state index contributed by atoms with van der Waals surface area (Å²) >= 11 is 0. The second kappa shape index (κ2) is 6.30. The molecular weight excluding hydrogens is 211 g/mol. The van der Waals surface area contributed by atoms with E-state index < -0.39 is 18.8 Å². The molecule has 0 aromatic heterocycles. The van der Waals surface area contributed by atoms with Gasteiger partial charge >= 0.3 is 6.18 Å². The fourth-order valence-electron chi connectivity index (χ4n) is 1.05. The monoisotopic (exact) mass is 229 g/mol. The van der Waals surface area contributed by atoms with Gasteiger partial charge < -0.3 is 15.2 Å². The maximum absolute atomic E-state index is 12.0. The SMILES string of the molecule is COCC(NCC(O)C(F)(F)F)C(C)C. The van der Waals surface area contributed by atoms with E-state index in [1.165, 1.54) is 7.11 Å². The summed E-state index contributed by atoms with van der Waals surface area (Å²) in [5, 5.41) is 11.4. The minimum Gasteiger partial charge on any atom is -0.383 e. The van der Waals surface area contributed by atoms with Gasteiger partial charge in [-0.1, -0.05) is 13.8 Å². The van der Waals surface area contributed by atoms with Gasteiger partial charge in [0.2, 0.25) is 0 Å². The zero-order valence-corrected chi connectivity index (χ0v) is 9.14. The summed E-state index contributed by atoms with van der Waals surface area (Å²) in [6, 6.07) is -0.188. The molecule has 0 radical (unpaired) electrons. The van der Waals surface area contributed by atoms with Gasteiger partial charge in [-0.25, -0.2) is 0 Å². The molecule has 0 fully saturated rings. The molecule has 0 aliphatic carbocycles. The van der Waals surface area contributed by atoms with Crippen LogP contribution in [0.15, 0.2) is 0 Å². The molecule has 92 valence electrons. The lowest BCUT2D eigenvalue weighted by Gasteiger charge is -2.24. The first-order valence-corrected chi connectivity index (χ1v) is 4.76. The van der Waals surface area contributed by atoms with Crippen LogP contribution in [0.25, 0.3) is 0 Å². The Hall–Kier alpha value is -0.330. The highest BCUT2D eigenvalue weighted by Crippen LogP contribution is 2.19. The van der Waals surface area contributed by atoms with Gasteiger partial charge in [-0.2, -0.15) is 13.2 Å². The molecule has 0 saturated carbocycles. The first-order chi connectivity index (χ1) is 6.79. The Morgan fingerprint density at radius 3 is 2.20 bits per heavy atom. The number of halogens is 3. The van der Waals surface area contributed by atoms with Crippen molar-refractivity contribution in [3.05, 3.63) is 0 Å². The molecule has 0 saturated heterocycles. The Labute approximate surface area is 87.6 Å². The van der Waals surface area contributed by atoms with Gasteiger partial charge in [-0.05, 0) is 5.92 Å². The lowest BCUT2D eigenvalue weighted by Crippen LogP contribution is -2.46. The standard InChI is InChI=1S/C9H18F3NO2/c1-6(2)7(5-15-3)13-4-8(14)9(10,11)12/h6-8,13-14H,4-5H2,1-3H3. The smallest absolute Gasteiger partial charge is 0.383 e. The van der Waals surface area contributed by atoms with Crippen molar-refractivity contribution in [3.63, 3.8) is 0 Å². The summed E-state index contributed by atoms with van der Waals surface area (Å²) < 4.78 is 40.8. The summed E-state index contributed by atoms with van der Waals surface area (Å²) in [5.74, 6) is 0.144.